The highest BCUT2D eigenvalue weighted by Crippen LogP contribution is 2.10. The van der Waals surface area contributed by atoms with Crippen molar-refractivity contribution in [3.8, 4) is 0 Å². The minimum Gasteiger partial charge on any atom is -0.453 e. The number of benzene rings is 1. The van der Waals surface area contributed by atoms with E-state index in [-0.39, 0.29) is 24.5 Å². The Hall–Kier alpha value is -2.47. The number of thiophene rings is 1. The minimum atomic E-state index is -0.887. The summed E-state index contributed by atoms with van der Waals surface area (Å²) in [6.45, 7) is 3.87. The quantitative estimate of drug-likeness (QED) is 0.580. The molecule has 1 aromatic heterocycles. The van der Waals surface area contributed by atoms with Crippen LogP contribution in [-0.4, -0.2) is 23.8 Å². The van der Waals surface area contributed by atoms with Crippen molar-refractivity contribution < 1.29 is 19.1 Å². The first-order chi connectivity index (χ1) is 12.0. The van der Waals surface area contributed by atoms with Crippen LogP contribution in [0.4, 0.5) is 0 Å². The molecule has 0 aliphatic carbocycles. The molecule has 0 saturated heterocycles. The Morgan fingerprint density at radius 2 is 1.84 bits per heavy atom. The third-order valence-electron chi connectivity index (χ3n) is 3.62. The first kappa shape index (κ1) is 18.9. The molecule has 1 aromatic carbocycles. The third-order valence-corrected chi connectivity index (χ3v) is 4.50. The van der Waals surface area contributed by atoms with E-state index in [9.17, 15) is 14.4 Å². The van der Waals surface area contributed by atoms with Crippen LogP contribution in [0.3, 0.4) is 0 Å². The number of ketones is 1. The van der Waals surface area contributed by atoms with E-state index in [2.05, 4.69) is 5.32 Å². The van der Waals surface area contributed by atoms with Crippen LogP contribution in [-0.2, 0) is 20.9 Å². The highest BCUT2D eigenvalue weighted by Gasteiger charge is 2.18. The minimum absolute atomic E-state index is 0.0464. The first-order valence-corrected chi connectivity index (χ1v) is 8.93. The summed E-state index contributed by atoms with van der Waals surface area (Å²) in [5, 5.41) is 4.64. The van der Waals surface area contributed by atoms with Crippen molar-refractivity contribution in [2.45, 2.75) is 39.3 Å². The molecule has 0 aliphatic heterocycles. The van der Waals surface area contributed by atoms with E-state index in [1.807, 2.05) is 36.6 Å². The van der Waals surface area contributed by atoms with Gasteiger partial charge in [-0.25, -0.2) is 0 Å². The molecular weight excluding hydrogens is 338 g/mol. The van der Waals surface area contributed by atoms with E-state index >= 15 is 0 Å². The summed E-state index contributed by atoms with van der Waals surface area (Å²) >= 11 is 1.54. The Morgan fingerprint density at radius 1 is 1.12 bits per heavy atom. The predicted molar refractivity (Wildman–Crippen MR) is 96.5 cm³/mol. The number of aryl methyl sites for hydroxylation is 1. The lowest BCUT2D eigenvalue weighted by molar-refractivity contribution is -0.154. The fourth-order valence-electron chi connectivity index (χ4n) is 2.14. The Kier molecular flexibility index (Phi) is 6.89. The second-order valence-corrected chi connectivity index (χ2v) is 6.75. The van der Waals surface area contributed by atoms with E-state index in [0.717, 1.165) is 10.4 Å². The van der Waals surface area contributed by atoms with Crippen molar-refractivity contribution in [3.05, 3.63) is 57.8 Å². The highest BCUT2D eigenvalue weighted by atomic mass is 32.1. The number of rotatable bonds is 8. The molecule has 1 atom stereocenters. The summed E-state index contributed by atoms with van der Waals surface area (Å²) in [6.07, 6.45) is -0.873. The number of ether oxygens (including phenoxy) is 1. The standard InChI is InChI=1S/C19H21NO4S/c1-13-5-7-15(8-6-13)17(21)9-10-18(22)24-14(2)19(23)20-12-16-4-3-11-25-16/h3-8,11,14H,9-10,12H2,1-2H3,(H,20,23)/t14-/m1/s1. The van der Waals surface area contributed by atoms with Crippen LogP contribution < -0.4 is 5.32 Å². The number of hydrogen-bond acceptors (Lipinski definition) is 5. The van der Waals surface area contributed by atoms with E-state index in [1.54, 1.807) is 23.5 Å². The Bertz CT molecular complexity index is 722. The van der Waals surface area contributed by atoms with Crippen LogP contribution in [0.2, 0.25) is 0 Å². The van der Waals surface area contributed by atoms with Gasteiger partial charge in [-0.2, -0.15) is 0 Å². The molecule has 5 nitrogen and oxygen atoms in total. The average molecular weight is 359 g/mol. The van der Waals surface area contributed by atoms with Gasteiger partial charge in [-0.05, 0) is 25.3 Å². The largest absolute Gasteiger partial charge is 0.453 e. The van der Waals surface area contributed by atoms with Gasteiger partial charge >= 0.3 is 5.97 Å². The maximum Gasteiger partial charge on any atom is 0.307 e. The molecule has 0 spiro atoms. The Balaban J connectivity index is 1.72. The topological polar surface area (TPSA) is 72.5 Å². The second kappa shape index (κ2) is 9.13. The highest BCUT2D eigenvalue weighted by molar-refractivity contribution is 7.09. The van der Waals surface area contributed by atoms with Crippen molar-refractivity contribution in [2.75, 3.05) is 0 Å². The van der Waals surface area contributed by atoms with Gasteiger partial charge in [-0.15, -0.1) is 11.3 Å². The summed E-state index contributed by atoms with van der Waals surface area (Å²) in [5.74, 6) is -1.03. The van der Waals surface area contributed by atoms with Crippen molar-refractivity contribution in [1.82, 2.24) is 5.32 Å². The Labute approximate surface area is 151 Å². The van der Waals surface area contributed by atoms with E-state index in [1.165, 1.54) is 6.92 Å². The monoisotopic (exact) mass is 359 g/mol. The van der Waals surface area contributed by atoms with Crippen molar-refractivity contribution in [2.24, 2.45) is 0 Å². The maximum atomic E-state index is 12.0. The number of nitrogens with one attached hydrogen (secondary N) is 1. The predicted octanol–water partition coefficient (Wildman–Crippen LogP) is 3.27. The van der Waals surface area contributed by atoms with Gasteiger partial charge in [-0.1, -0.05) is 35.9 Å². The number of Topliss-reactive ketones (excluding diaryl/α,β-unsaturated/α-hetero) is 1. The number of hydrogen-bond donors (Lipinski definition) is 1. The summed E-state index contributed by atoms with van der Waals surface area (Å²) < 4.78 is 5.09. The average Bonchev–Trinajstić information content (AvgIpc) is 3.11. The van der Waals surface area contributed by atoms with Crippen LogP contribution in [0.5, 0.6) is 0 Å². The summed E-state index contributed by atoms with van der Waals surface area (Å²) in [5.41, 5.74) is 1.64. The maximum absolute atomic E-state index is 12.0. The van der Waals surface area contributed by atoms with E-state index < -0.39 is 12.1 Å². The zero-order chi connectivity index (χ0) is 18.2. The van der Waals surface area contributed by atoms with Gasteiger partial charge in [0.05, 0.1) is 13.0 Å². The molecule has 2 aromatic rings. The van der Waals surface area contributed by atoms with Gasteiger partial charge in [0.1, 0.15) is 0 Å². The number of esters is 1. The first-order valence-electron chi connectivity index (χ1n) is 8.05. The molecule has 1 N–H and O–H groups in total. The van der Waals surface area contributed by atoms with Gasteiger partial charge in [0.25, 0.3) is 5.91 Å². The van der Waals surface area contributed by atoms with Crippen LogP contribution in [0.15, 0.2) is 41.8 Å². The molecule has 0 bridgehead atoms. The molecule has 25 heavy (non-hydrogen) atoms. The molecule has 0 radical (unpaired) electrons. The van der Waals surface area contributed by atoms with Crippen LogP contribution >= 0.6 is 11.3 Å². The lowest BCUT2D eigenvalue weighted by Gasteiger charge is -2.13. The molecule has 132 valence electrons. The van der Waals surface area contributed by atoms with Gasteiger partial charge in [0.15, 0.2) is 11.9 Å². The fraction of sp³-hybridized carbons (Fsp3) is 0.316. The Morgan fingerprint density at radius 3 is 2.48 bits per heavy atom. The SMILES string of the molecule is Cc1ccc(C(=O)CCC(=O)O[C@H](C)C(=O)NCc2cccs2)cc1. The number of amides is 1. The van der Waals surface area contributed by atoms with Crippen LogP contribution in [0.25, 0.3) is 0 Å². The lowest BCUT2D eigenvalue weighted by atomic mass is 10.1. The molecule has 1 amide bonds. The van der Waals surface area contributed by atoms with Crippen molar-refractivity contribution >= 4 is 29.0 Å². The summed E-state index contributed by atoms with van der Waals surface area (Å²) in [7, 11) is 0. The molecule has 6 heteroatoms. The van der Waals surface area contributed by atoms with Gasteiger partial charge in [0.2, 0.25) is 0 Å². The molecule has 0 fully saturated rings. The zero-order valence-corrected chi connectivity index (χ0v) is 15.1. The van der Waals surface area contributed by atoms with Crippen LogP contribution in [0.1, 0.15) is 40.6 Å². The third kappa shape index (κ3) is 6.15. The molecule has 2 rings (SSSR count). The normalized spacial score (nSPS) is 11.6. The number of carbonyl (C=O) groups is 3. The zero-order valence-electron chi connectivity index (χ0n) is 14.3. The summed E-state index contributed by atoms with van der Waals surface area (Å²) in [4.78, 5) is 36.8. The molecule has 0 unspecified atom stereocenters. The molecule has 1 heterocycles. The summed E-state index contributed by atoms with van der Waals surface area (Å²) in [6, 6.07) is 11.0. The van der Waals surface area contributed by atoms with Crippen molar-refractivity contribution in [1.29, 1.82) is 0 Å². The smallest absolute Gasteiger partial charge is 0.307 e. The molecule has 0 aliphatic rings. The number of carbonyl (C=O) groups excluding carboxylic acids is 3. The van der Waals surface area contributed by atoms with E-state index in [4.69, 9.17) is 4.74 Å². The second-order valence-electron chi connectivity index (χ2n) is 5.72. The van der Waals surface area contributed by atoms with Crippen molar-refractivity contribution in [3.63, 3.8) is 0 Å². The molecular formula is C19H21NO4S. The van der Waals surface area contributed by atoms with Gasteiger partial charge in [0, 0.05) is 16.9 Å². The lowest BCUT2D eigenvalue weighted by Crippen LogP contribution is -2.35. The van der Waals surface area contributed by atoms with Gasteiger partial charge < -0.3 is 10.1 Å². The van der Waals surface area contributed by atoms with Crippen LogP contribution in [0, 0.1) is 6.92 Å². The molecule has 0 saturated carbocycles. The fourth-order valence-corrected chi connectivity index (χ4v) is 2.78. The van der Waals surface area contributed by atoms with E-state index in [0.29, 0.717) is 12.1 Å². The van der Waals surface area contributed by atoms with Gasteiger partial charge in [-0.3, -0.25) is 14.4 Å².